The molecule has 1 saturated heterocycles. The Kier molecular flexibility index (Phi) is 7.65. The van der Waals surface area contributed by atoms with Gasteiger partial charge in [-0.3, -0.25) is 4.79 Å². The van der Waals surface area contributed by atoms with Crippen LogP contribution in [-0.2, 0) is 0 Å². The first kappa shape index (κ1) is 24.0. The van der Waals surface area contributed by atoms with Crippen molar-refractivity contribution in [3.63, 3.8) is 0 Å². The average molecular weight is 480 g/mol. The van der Waals surface area contributed by atoms with Crippen LogP contribution in [0, 0.1) is 6.92 Å². The van der Waals surface area contributed by atoms with Crippen LogP contribution in [0.15, 0.2) is 42.6 Å². The molecule has 0 saturated carbocycles. The van der Waals surface area contributed by atoms with Crippen molar-refractivity contribution in [1.82, 2.24) is 15.3 Å². The number of hydrogen-bond acceptors (Lipinski definition) is 7. The molecule has 8 heteroatoms. The smallest absolute Gasteiger partial charge is 0.229 e. The number of hydrogen-bond donors (Lipinski definition) is 3. The summed E-state index contributed by atoms with van der Waals surface area (Å²) in [4.78, 5) is 20.3. The summed E-state index contributed by atoms with van der Waals surface area (Å²) >= 11 is 6.36. The number of piperidine rings is 1. The minimum Gasteiger partial charge on any atom is -0.489 e. The van der Waals surface area contributed by atoms with E-state index in [1.54, 1.807) is 18.2 Å². The summed E-state index contributed by atoms with van der Waals surface area (Å²) in [6, 6.07) is 11.4. The third-order valence-corrected chi connectivity index (χ3v) is 6.12. The highest BCUT2D eigenvalue weighted by atomic mass is 35.5. The van der Waals surface area contributed by atoms with Crippen LogP contribution in [0.1, 0.15) is 54.1 Å². The van der Waals surface area contributed by atoms with E-state index in [9.17, 15) is 4.79 Å². The summed E-state index contributed by atoms with van der Waals surface area (Å²) in [6.07, 6.45) is 4.56. The molecule has 1 aliphatic heterocycles. The Morgan fingerprint density at radius 1 is 1.15 bits per heavy atom. The van der Waals surface area contributed by atoms with E-state index in [0.717, 1.165) is 43.7 Å². The number of aryl methyl sites for hydroxylation is 1. The fourth-order valence-corrected chi connectivity index (χ4v) is 4.34. The van der Waals surface area contributed by atoms with Crippen molar-refractivity contribution >= 4 is 41.0 Å². The second kappa shape index (κ2) is 10.8. The topological polar surface area (TPSA) is 88.2 Å². The van der Waals surface area contributed by atoms with Gasteiger partial charge in [-0.2, -0.15) is 4.98 Å². The first-order valence-corrected chi connectivity index (χ1v) is 11.9. The molecule has 0 aliphatic carbocycles. The van der Waals surface area contributed by atoms with Crippen LogP contribution in [0.25, 0.3) is 0 Å². The van der Waals surface area contributed by atoms with Gasteiger partial charge in [0.2, 0.25) is 5.95 Å². The Hall–Kier alpha value is -3.16. The summed E-state index contributed by atoms with van der Waals surface area (Å²) in [5.41, 5.74) is 4.49. The molecule has 0 radical (unpaired) electrons. The molecular weight excluding hydrogens is 450 g/mol. The number of rotatable bonds is 8. The van der Waals surface area contributed by atoms with Gasteiger partial charge in [0.05, 0.1) is 23.7 Å². The zero-order chi connectivity index (χ0) is 24.1. The van der Waals surface area contributed by atoms with Crippen LogP contribution in [0.3, 0.4) is 0 Å². The van der Waals surface area contributed by atoms with Gasteiger partial charge in [0.25, 0.3) is 0 Å². The number of carbonyl (C=O) groups is 1. The summed E-state index contributed by atoms with van der Waals surface area (Å²) in [6.45, 7) is 8.19. The molecule has 1 aliphatic rings. The van der Waals surface area contributed by atoms with Gasteiger partial charge in [0.1, 0.15) is 10.8 Å². The summed E-state index contributed by atoms with van der Waals surface area (Å²) in [5.74, 6) is 2.04. The first-order chi connectivity index (χ1) is 16.4. The van der Waals surface area contributed by atoms with Crippen molar-refractivity contribution in [2.75, 3.05) is 23.7 Å². The van der Waals surface area contributed by atoms with Gasteiger partial charge in [-0.05, 0) is 88.0 Å². The van der Waals surface area contributed by atoms with Crippen LogP contribution in [0.5, 0.6) is 5.75 Å². The zero-order valence-corrected chi connectivity index (χ0v) is 20.4. The normalized spacial score (nSPS) is 14.1. The molecule has 0 atom stereocenters. The molecule has 2 heterocycles. The largest absolute Gasteiger partial charge is 0.489 e. The van der Waals surface area contributed by atoms with Gasteiger partial charge in [-0.15, -0.1) is 0 Å². The van der Waals surface area contributed by atoms with Crippen molar-refractivity contribution in [3.8, 4) is 5.75 Å². The standard InChI is InChI=1S/C26H30ClN5O2/c1-16(2)34-24-12-17(3)20(18-8-10-28-11-9-18)13-23(24)31-26-29-14-21(27)25(32-26)30-22-7-5-4-6-19(22)15-33/h4-7,12-16,18,28H,8-11H2,1-3H3,(H2,29,30,31,32). The van der Waals surface area contributed by atoms with E-state index in [4.69, 9.17) is 16.3 Å². The Morgan fingerprint density at radius 3 is 2.65 bits per heavy atom. The van der Waals surface area contributed by atoms with Gasteiger partial charge in [0.15, 0.2) is 12.1 Å². The second-order valence-electron chi connectivity index (χ2n) is 8.74. The highest BCUT2D eigenvalue weighted by Crippen LogP contribution is 2.37. The average Bonchev–Trinajstić information content (AvgIpc) is 2.83. The van der Waals surface area contributed by atoms with E-state index in [1.807, 2.05) is 19.9 Å². The molecule has 3 N–H and O–H groups in total. The maximum absolute atomic E-state index is 11.4. The monoisotopic (exact) mass is 479 g/mol. The number of anilines is 4. The molecule has 0 bridgehead atoms. The highest BCUT2D eigenvalue weighted by Gasteiger charge is 2.20. The van der Waals surface area contributed by atoms with Crippen molar-refractivity contribution in [3.05, 3.63) is 64.3 Å². The van der Waals surface area contributed by atoms with Crippen LogP contribution >= 0.6 is 11.6 Å². The van der Waals surface area contributed by atoms with Gasteiger partial charge in [0, 0.05) is 5.56 Å². The number of benzene rings is 2. The Labute approximate surface area is 205 Å². The molecule has 178 valence electrons. The number of nitrogens with one attached hydrogen (secondary N) is 3. The van der Waals surface area contributed by atoms with E-state index < -0.39 is 0 Å². The van der Waals surface area contributed by atoms with Crippen LogP contribution in [0.2, 0.25) is 5.02 Å². The van der Waals surface area contributed by atoms with Crippen LogP contribution in [0.4, 0.5) is 23.1 Å². The Bertz CT molecular complexity index is 1160. The number of nitrogens with zero attached hydrogens (tertiary/aromatic N) is 2. The van der Waals surface area contributed by atoms with E-state index in [2.05, 4.69) is 45.0 Å². The molecule has 1 aromatic heterocycles. The van der Waals surface area contributed by atoms with Crippen LogP contribution in [-0.4, -0.2) is 35.4 Å². The molecule has 4 rings (SSSR count). The SMILES string of the molecule is Cc1cc(OC(C)C)c(Nc2ncc(Cl)c(Nc3ccccc3C=O)n2)cc1C1CCNCC1. The van der Waals surface area contributed by atoms with Gasteiger partial charge < -0.3 is 20.7 Å². The number of para-hydroxylation sites is 1. The maximum atomic E-state index is 11.4. The molecule has 7 nitrogen and oxygen atoms in total. The third-order valence-electron chi connectivity index (χ3n) is 5.84. The fraction of sp³-hybridized carbons (Fsp3) is 0.346. The molecule has 2 aromatic carbocycles. The summed E-state index contributed by atoms with van der Waals surface area (Å²) < 4.78 is 6.11. The fourth-order valence-electron chi connectivity index (χ4n) is 4.20. The molecule has 34 heavy (non-hydrogen) atoms. The lowest BCUT2D eigenvalue weighted by molar-refractivity contribution is 0.112. The van der Waals surface area contributed by atoms with Gasteiger partial charge in [-0.25, -0.2) is 4.98 Å². The maximum Gasteiger partial charge on any atom is 0.229 e. The number of aldehydes is 1. The Balaban J connectivity index is 1.66. The minimum atomic E-state index is 0.0212. The molecule has 0 unspecified atom stereocenters. The lowest BCUT2D eigenvalue weighted by Gasteiger charge is -2.26. The van der Waals surface area contributed by atoms with E-state index >= 15 is 0 Å². The second-order valence-corrected chi connectivity index (χ2v) is 9.15. The number of aromatic nitrogens is 2. The van der Waals surface area contributed by atoms with Crippen molar-refractivity contribution in [1.29, 1.82) is 0 Å². The number of ether oxygens (including phenoxy) is 1. The lowest BCUT2D eigenvalue weighted by atomic mass is 9.87. The molecule has 0 amide bonds. The Morgan fingerprint density at radius 2 is 1.91 bits per heavy atom. The molecule has 1 fully saturated rings. The quantitative estimate of drug-likeness (QED) is 0.342. The van der Waals surface area contributed by atoms with E-state index in [0.29, 0.717) is 34.0 Å². The third kappa shape index (κ3) is 5.66. The number of halogens is 1. The predicted octanol–water partition coefficient (Wildman–Crippen LogP) is 5.99. The molecular formula is C26H30ClN5O2. The predicted molar refractivity (Wildman–Crippen MR) is 137 cm³/mol. The zero-order valence-electron chi connectivity index (χ0n) is 19.7. The summed E-state index contributed by atoms with van der Waals surface area (Å²) in [7, 11) is 0. The highest BCUT2D eigenvalue weighted by molar-refractivity contribution is 6.33. The van der Waals surface area contributed by atoms with Crippen molar-refractivity contribution < 1.29 is 9.53 Å². The van der Waals surface area contributed by atoms with E-state index in [-0.39, 0.29) is 6.10 Å². The van der Waals surface area contributed by atoms with Gasteiger partial charge in [-0.1, -0.05) is 23.7 Å². The number of carbonyl (C=O) groups excluding carboxylic acids is 1. The van der Waals surface area contributed by atoms with Crippen LogP contribution < -0.4 is 20.7 Å². The van der Waals surface area contributed by atoms with Gasteiger partial charge >= 0.3 is 0 Å². The first-order valence-electron chi connectivity index (χ1n) is 11.6. The summed E-state index contributed by atoms with van der Waals surface area (Å²) in [5, 5.41) is 10.3. The van der Waals surface area contributed by atoms with Crippen molar-refractivity contribution in [2.24, 2.45) is 0 Å². The lowest BCUT2D eigenvalue weighted by Crippen LogP contribution is -2.27. The van der Waals surface area contributed by atoms with E-state index in [1.165, 1.54) is 17.3 Å². The minimum absolute atomic E-state index is 0.0212. The molecule has 3 aromatic rings. The van der Waals surface area contributed by atoms with Crippen molar-refractivity contribution in [2.45, 2.75) is 45.6 Å². The molecule has 0 spiro atoms.